The van der Waals surface area contributed by atoms with Gasteiger partial charge in [0.1, 0.15) is 5.75 Å². The Labute approximate surface area is 97.6 Å². The van der Waals surface area contributed by atoms with Gasteiger partial charge in [-0.3, -0.25) is 0 Å². The summed E-state index contributed by atoms with van der Waals surface area (Å²) < 4.78 is 10.6. The third-order valence-electron chi connectivity index (χ3n) is 2.77. The summed E-state index contributed by atoms with van der Waals surface area (Å²) in [4.78, 5) is 0. The van der Waals surface area contributed by atoms with E-state index in [2.05, 4.69) is 13.0 Å². The van der Waals surface area contributed by atoms with Crippen molar-refractivity contribution in [2.75, 3.05) is 20.8 Å². The van der Waals surface area contributed by atoms with Crippen LogP contribution in [0.15, 0.2) is 18.2 Å². The molecule has 0 fully saturated rings. The van der Waals surface area contributed by atoms with Crippen molar-refractivity contribution in [3.63, 3.8) is 0 Å². The van der Waals surface area contributed by atoms with Crippen molar-refractivity contribution >= 4 is 0 Å². The molecular formula is C13H21NO2. The van der Waals surface area contributed by atoms with E-state index < -0.39 is 0 Å². The van der Waals surface area contributed by atoms with E-state index in [1.54, 1.807) is 14.2 Å². The van der Waals surface area contributed by atoms with Gasteiger partial charge in [0.25, 0.3) is 0 Å². The van der Waals surface area contributed by atoms with Crippen LogP contribution in [0.1, 0.15) is 30.4 Å². The summed E-state index contributed by atoms with van der Waals surface area (Å²) in [6, 6.07) is 6.06. The molecule has 0 spiro atoms. The molecule has 0 bridgehead atoms. The number of hydrogen-bond acceptors (Lipinski definition) is 3. The number of methoxy groups -OCH3 is 2. The smallest absolute Gasteiger partial charge is 0.122 e. The van der Waals surface area contributed by atoms with Crippen molar-refractivity contribution in [3.8, 4) is 5.75 Å². The van der Waals surface area contributed by atoms with Crippen LogP contribution in [0.4, 0.5) is 0 Å². The van der Waals surface area contributed by atoms with Crippen LogP contribution in [0.5, 0.6) is 5.75 Å². The second-order valence-corrected chi connectivity index (χ2v) is 3.94. The fourth-order valence-electron chi connectivity index (χ4n) is 2.00. The summed E-state index contributed by atoms with van der Waals surface area (Å²) in [5.41, 5.74) is 8.01. The van der Waals surface area contributed by atoms with Gasteiger partial charge in [-0.25, -0.2) is 0 Å². The molecule has 16 heavy (non-hydrogen) atoms. The SMILES string of the molecule is COCc1cccc(OC)c1C(C)CCN. The molecule has 90 valence electrons. The van der Waals surface area contributed by atoms with Crippen molar-refractivity contribution < 1.29 is 9.47 Å². The molecule has 0 amide bonds. The first kappa shape index (κ1) is 13.0. The molecule has 1 aromatic rings. The summed E-state index contributed by atoms with van der Waals surface area (Å²) in [6.07, 6.45) is 0.955. The molecule has 3 heteroatoms. The van der Waals surface area contributed by atoms with Crippen LogP contribution < -0.4 is 10.5 Å². The highest BCUT2D eigenvalue weighted by atomic mass is 16.5. The first-order chi connectivity index (χ1) is 7.74. The predicted octanol–water partition coefficient (Wildman–Crippen LogP) is 2.29. The Morgan fingerprint density at radius 2 is 2.06 bits per heavy atom. The Kier molecular flexibility index (Phi) is 5.29. The Morgan fingerprint density at radius 1 is 1.31 bits per heavy atom. The fraction of sp³-hybridized carbons (Fsp3) is 0.538. The Bertz CT molecular complexity index is 326. The maximum absolute atomic E-state index is 5.61. The van der Waals surface area contributed by atoms with Crippen molar-refractivity contribution in [3.05, 3.63) is 29.3 Å². The second kappa shape index (κ2) is 6.51. The highest BCUT2D eigenvalue weighted by Gasteiger charge is 2.15. The summed E-state index contributed by atoms with van der Waals surface area (Å²) >= 11 is 0. The molecule has 0 saturated carbocycles. The summed E-state index contributed by atoms with van der Waals surface area (Å²) in [7, 11) is 3.40. The number of benzene rings is 1. The largest absolute Gasteiger partial charge is 0.496 e. The van der Waals surface area contributed by atoms with Gasteiger partial charge in [-0.2, -0.15) is 0 Å². The van der Waals surface area contributed by atoms with Gasteiger partial charge < -0.3 is 15.2 Å². The van der Waals surface area contributed by atoms with Crippen LogP contribution in [-0.4, -0.2) is 20.8 Å². The molecule has 1 aromatic carbocycles. The molecule has 0 aliphatic carbocycles. The van der Waals surface area contributed by atoms with Crippen molar-refractivity contribution in [1.29, 1.82) is 0 Å². The molecule has 3 nitrogen and oxygen atoms in total. The van der Waals surface area contributed by atoms with Gasteiger partial charge in [-0.15, -0.1) is 0 Å². The third-order valence-corrected chi connectivity index (χ3v) is 2.77. The summed E-state index contributed by atoms with van der Waals surface area (Å²) in [5, 5.41) is 0. The molecule has 0 aliphatic rings. The van der Waals surface area contributed by atoms with Gasteiger partial charge in [-0.1, -0.05) is 19.1 Å². The van der Waals surface area contributed by atoms with Gasteiger partial charge in [0.2, 0.25) is 0 Å². The van der Waals surface area contributed by atoms with E-state index in [1.807, 2.05) is 12.1 Å². The topological polar surface area (TPSA) is 44.5 Å². The average molecular weight is 223 g/mol. The highest BCUT2D eigenvalue weighted by Crippen LogP contribution is 2.32. The predicted molar refractivity (Wildman–Crippen MR) is 65.8 cm³/mol. The lowest BCUT2D eigenvalue weighted by Crippen LogP contribution is -2.08. The van der Waals surface area contributed by atoms with E-state index >= 15 is 0 Å². The molecule has 0 aliphatic heterocycles. The molecule has 0 heterocycles. The fourth-order valence-corrected chi connectivity index (χ4v) is 2.00. The molecule has 1 atom stereocenters. The molecule has 0 aromatic heterocycles. The van der Waals surface area contributed by atoms with Gasteiger partial charge >= 0.3 is 0 Å². The van der Waals surface area contributed by atoms with E-state index in [-0.39, 0.29) is 0 Å². The van der Waals surface area contributed by atoms with Gasteiger partial charge in [-0.05, 0) is 30.5 Å². The zero-order chi connectivity index (χ0) is 12.0. The first-order valence-corrected chi connectivity index (χ1v) is 5.59. The zero-order valence-corrected chi connectivity index (χ0v) is 10.3. The van der Waals surface area contributed by atoms with Crippen LogP contribution in [-0.2, 0) is 11.3 Å². The van der Waals surface area contributed by atoms with Crippen molar-refractivity contribution in [2.24, 2.45) is 5.73 Å². The minimum absolute atomic E-state index is 0.395. The van der Waals surface area contributed by atoms with Crippen molar-refractivity contribution in [1.82, 2.24) is 0 Å². The van der Waals surface area contributed by atoms with Crippen molar-refractivity contribution in [2.45, 2.75) is 25.9 Å². The lowest BCUT2D eigenvalue weighted by Gasteiger charge is -2.19. The van der Waals surface area contributed by atoms with E-state index in [0.29, 0.717) is 19.1 Å². The van der Waals surface area contributed by atoms with Crippen LogP contribution in [0, 0.1) is 0 Å². The maximum Gasteiger partial charge on any atom is 0.122 e. The normalized spacial score (nSPS) is 12.5. The monoisotopic (exact) mass is 223 g/mol. The standard InChI is InChI=1S/C13H21NO2/c1-10(7-8-14)13-11(9-15-2)5-4-6-12(13)16-3/h4-6,10H,7-9,14H2,1-3H3. The third kappa shape index (κ3) is 2.97. The Morgan fingerprint density at radius 3 is 2.62 bits per heavy atom. The Balaban J connectivity index is 3.08. The van der Waals surface area contributed by atoms with E-state index in [1.165, 1.54) is 11.1 Å². The number of rotatable bonds is 6. The molecule has 0 saturated heterocycles. The van der Waals surface area contributed by atoms with E-state index in [0.717, 1.165) is 12.2 Å². The minimum Gasteiger partial charge on any atom is -0.496 e. The highest BCUT2D eigenvalue weighted by molar-refractivity contribution is 5.42. The van der Waals surface area contributed by atoms with Crippen LogP contribution in [0.3, 0.4) is 0 Å². The van der Waals surface area contributed by atoms with Gasteiger partial charge in [0.05, 0.1) is 13.7 Å². The summed E-state index contributed by atoms with van der Waals surface area (Å²) in [5.74, 6) is 1.32. The lowest BCUT2D eigenvalue weighted by atomic mass is 9.92. The quantitative estimate of drug-likeness (QED) is 0.804. The lowest BCUT2D eigenvalue weighted by molar-refractivity contribution is 0.183. The molecule has 1 rings (SSSR count). The van der Waals surface area contributed by atoms with E-state index in [4.69, 9.17) is 15.2 Å². The minimum atomic E-state index is 0.395. The number of ether oxygens (including phenoxy) is 2. The van der Waals surface area contributed by atoms with Gasteiger partial charge in [0, 0.05) is 12.7 Å². The molecular weight excluding hydrogens is 202 g/mol. The summed E-state index contributed by atoms with van der Waals surface area (Å²) in [6.45, 7) is 3.47. The second-order valence-electron chi connectivity index (χ2n) is 3.94. The molecule has 1 unspecified atom stereocenters. The number of nitrogens with two attached hydrogens (primary N) is 1. The Hall–Kier alpha value is -1.06. The maximum atomic E-state index is 5.61. The zero-order valence-electron chi connectivity index (χ0n) is 10.3. The van der Waals surface area contributed by atoms with Crippen LogP contribution >= 0.6 is 0 Å². The average Bonchev–Trinajstić information content (AvgIpc) is 2.29. The first-order valence-electron chi connectivity index (χ1n) is 5.59. The number of hydrogen-bond donors (Lipinski definition) is 1. The molecule has 0 radical (unpaired) electrons. The van der Waals surface area contributed by atoms with Crippen LogP contribution in [0.25, 0.3) is 0 Å². The van der Waals surface area contributed by atoms with Crippen LogP contribution in [0.2, 0.25) is 0 Å². The molecule has 2 N–H and O–H groups in total. The van der Waals surface area contributed by atoms with Gasteiger partial charge in [0.15, 0.2) is 0 Å². The van der Waals surface area contributed by atoms with E-state index in [9.17, 15) is 0 Å².